The molecular weight excluding hydrogens is 226 g/mol. The molecule has 0 aromatic heterocycles. The van der Waals surface area contributed by atoms with E-state index in [4.69, 9.17) is 0 Å². The van der Waals surface area contributed by atoms with Crippen LogP contribution in [0.3, 0.4) is 0 Å². The second-order valence-corrected chi connectivity index (χ2v) is 5.37. The summed E-state index contributed by atoms with van der Waals surface area (Å²) in [6.07, 6.45) is 7.11. The molecule has 0 spiro atoms. The molecule has 0 N–H and O–H groups in total. The first-order valence-electron chi connectivity index (χ1n) is 5.60. The van der Waals surface area contributed by atoms with E-state index in [-0.39, 0.29) is 0 Å². The van der Waals surface area contributed by atoms with Gasteiger partial charge in [0, 0.05) is 17.9 Å². The van der Waals surface area contributed by atoms with Crippen molar-refractivity contribution in [3.63, 3.8) is 0 Å². The average molecular weight is 246 g/mol. The minimum Gasteiger partial charge on any atom is -0.300 e. The van der Waals surface area contributed by atoms with E-state index in [1.165, 1.54) is 50.5 Å². The molecule has 1 saturated heterocycles. The summed E-state index contributed by atoms with van der Waals surface area (Å²) in [5, 5.41) is 1.22. The van der Waals surface area contributed by atoms with Gasteiger partial charge in [-0.2, -0.15) is 0 Å². The topological polar surface area (TPSA) is 3.24 Å². The predicted octanol–water partition coefficient (Wildman–Crippen LogP) is 3.04. The summed E-state index contributed by atoms with van der Waals surface area (Å²) in [7, 11) is 0. The number of hydrogen-bond donors (Lipinski definition) is 0. The van der Waals surface area contributed by atoms with Crippen LogP contribution in [0.15, 0.2) is 0 Å². The second-order valence-electron chi connectivity index (χ2n) is 4.81. The largest absolute Gasteiger partial charge is 0.300 e. The van der Waals surface area contributed by atoms with Gasteiger partial charge in [-0.3, -0.25) is 4.90 Å². The van der Waals surface area contributed by atoms with Crippen molar-refractivity contribution >= 4 is 15.9 Å². The molecule has 2 rings (SSSR count). The van der Waals surface area contributed by atoms with E-state index in [0.29, 0.717) is 5.41 Å². The van der Waals surface area contributed by atoms with Crippen LogP contribution in [0, 0.1) is 5.41 Å². The molecule has 0 radical (unpaired) electrons. The van der Waals surface area contributed by atoms with E-state index < -0.39 is 0 Å². The van der Waals surface area contributed by atoms with Crippen molar-refractivity contribution < 1.29 is 0 Å². The third kappa shape index (κ3) is 2.10. The standard InChI is InChI=1S/C11H20BrN/c1-2-10-4-3-7-13(10)9-11(8-12)5-6-11/h10H,2-9H2,1H3. The molecule has 0 amide bonds. The fourth-order valence-electron chi connectivity index (χ4n) is 2.51. The van der Waals surface area contributed by atoms with E-state index >= 15 is 0 Å². The molecule has 1 atom stereocenters. The maximum atomic E-state index is 3.66. The Bertz CT molecular complexity index is 177. The zero-order valence-corrected chi connectivity index (χ0v) is 10.1. The van der Waals surface area contributed by atoms with E-state index in [2.05, 4.69) is 27.8 Å². The Morgan fingerprint density at radius 3 is 2.77 bits per heavy atom. The van der Waals surface area contributed by atoms with Crippen molar-refractivity contribution in [3.05, 3.63) is 0 Å². The zero-order chi connectivity index (χ0) is 9.31. The highest BCUT2D eigenvalue weighted by atomic mass is 79.9. The number of rotatable bonds is 4. The third-order valence-electron chi connectivity index (χ3n) is 3.75. The van der Waals surface area contributed by atoms with Crippen molar-refractivity contribution in [2.75, 3.05) is 18.4 Å². The summed E-state index contributed by atoms with van der Waals surface area (Å²) in [4.78, 5) is 2.73. The maximum Gasteiger partial charge on any atom is 0.0100 e. The van der Waals surface area contributed by atoms with Gasteiger partial charge in [0.15, 0.2) is 0 Å². The summed E-state index contributed by atoms with van der Waals surface area (Å²) in [5.74, 6) is 0. The van der Waals surface area contributed by atoms with E-state index in [9.17, 15) is 0 Å². The molecular formula is C11H20BrN. The summed E-state index contributed by atoms with van der Waals surface area (Å²) >= 11 is 3.66. The van der Waals surface area contributed by atoms with E-state index in [0.717, 1.165) is 6.04 Å². The molecule has 0 bridgehead atoms. The minimum absolute atomic E-state index is 0.678. The fraction of sp³-hybridized carbons (Fsp3) is 1.00. The molecule has 1 saturated carbocycles. The highest BCUT2D eigenvalue weighted by Gasteiger charge is 2.44. The van der Waals surface area contributed by atoms with Crippen molar-refractivity contribution in [2.24, 2.45) is 5.41 Å². The van der Waals surface area contributed by atoms with Gasteiger partial charge in [-0.15, -0.1) is 0 Å². The Morgan fingerprint density at radius 2 is 2.23 bits per heavy atom. The molecule has 13 heavy (non-hydrogen) atoms. The van der Waals surface area contributed by atoms with Gasteiger partial charge in [-0.05, 0) is 44.1 Å². The fourth-order valence-corrected chi connectivity index (χ4v) is 3.25. The highest BCUT2D eigenvalue weighted by Crippen LogP contribution is 2.48. The van der Waals surface area contributed by atoms with Crippen LogP contribution in [0.5, 0.6) is 0 Å². The maximum absolute atomic E-state index is 3.66. The van der Waals surface area contributed by atoms with Crippen LogP contribution >= 0.6 is 15.9 Å². The second kappa shape index (κ2) is 3.90. The van der Waals surface area contributed by atoms with Crippen molar-refractivity contribution in [3.8, 4) is 0 Å². The van der Waals surface area contributed by atoms with Crippen molar-refractivity contribution in [1.82, 2.24) is 4.90 Å². The Morgan fingerprint density at radius 1 is 1.46 bits per heavy atom. The highest BCUT2D eigenvalue weighted by molar-refractivity contribution is 9.09. The Balaban J connectivity index is 1.86. The summed E-state index contributed by atoms with van der Waals surface area (Å²) in [6.45, 7) is 5.04. The summed E-state index contributed by atoms with van der Waals surface area (Å²) in [6, 6.07) is 0.900. The molecule has 2 aliphatic rings. The van der Waals surface area contributed by atoms with Gasteiger partial charge >= 0.3 is 0 Å². The molecule has 1 aliphatic heterocycles. The first kappa shape index (κ1) is 9.97. The molecule has 0 aromatic carbocycles. The molecule has 1 unspecified atom stereocenters. The molecule has 2 fully saturated rings. The Kier molecular flexibility index (Phi) is 2.99. The van der Waals surface area contributed by atoms with Crippen molar-refractivity contribution in [2.45, 2.75) is 45.1 Å². The number of hydrogen-bond acceptors (Lipinski definition) is 1. The van der Waals surface area contributed by atoms with Gasteiger partial charge < -0.3 is 0 Å². The zero-order valence-electron chi connectivity index (χ0n) is 8.56. The van der Waals surface area contributed by atoms with Crippen LogP contribution in [0.2, 0.25) is 0 Å². The normalized spacial score (nSPS) is 32.3. The number of nitrogens with zero attached hydrogens (tertiary/aromatic N) is 1. The number of alkyl halides is 1. The van der Waals surface area contributed by atoms with E-state index in [1.54, 1.807) is 0 Å². The molecule has 1 aliphatic carbocycles. The van der Waals surface area contributed by atoms with Gasteiger partial charge in [-0.25, -0.2) is 0 Å². The van der Waals surface area contributed by atoms with Gasteiger partial charge in [0.1, 0.15) is 0 Å². The quantitative estimate of drug-likeness (QED) is 0.689. The lowest BCUT2D eigenvalue weighted by atomic mass is 10.1. The lowest BCUT2D eigenvalue weighted by Gasteiger charge is -2.27. The Hall–Kier alpha value is 0.440. The van der Waals surface area contributed by atoms with Gasteiger partial charge in [0.25, 0.3) is 0 Å². The van der Waals surface area contributed by atoms with Gasteiger partial charge in [-0.1, -0.05) is 22.9 Å². The molecule has 0 aromatic rings. The van der Waals surface area contributed by atoms with Crippen molar-refractivity contribution in [1.29, 1.82) is 0 Å². The van der Waals surface area contributed by atoms with Crippen LogP contribution in [0.1, 0.15) is 39.0 Å². The summed E-state index contributed by atoms with van der Waals surface area (Å²) in [5.41, 5.74) is 0.678. The molecule has 76 valence electrons. The van der Waals surface area contributed by atoms with Gasteiger partial charge in [0.05, 0.1) is 0 Å². The van der Waals surface area contributed by atoms with Crippen LogP contribution < -0.4 is 0 Å². The Labute approximate surface area is 90.0 Å². The first-order valence-corrected chi connectivity index (χ1v) is 6.72. The lowest BCUT2D eigenvalue weighted by Crippen LogP contribution is -2.35. The average Bonchev–Trinajstić information content (AvgIpc) is 2.78. The smallest absolute Gasteiger partial charge is 0.0100 e. The van der Waals surface area contributed by atoms with Crippen LogP contribution in [0.25, 0.3) is 0 Å². The van der Waals surface area contributed by atoms with E-state index in [1.807, 2.05) is 0 Å². The number of halogens is 1. The minimum atomic E-state index is 0.678. The van der Waals surface area contributed by atoms with Gasteiger partial charge in [0.2, 0.25) is 0 Å². The number of likely N-dealkylation sites (tertiary alicyclic amines) is 1. The molecule has 1 heterocycles. The third-order valence-corrected chi connectivity index (χ3v) is 4.94. The lowest BCUT2D eigenvalue weighted by molar-refractivity contribution is 0.209. The summed E-state index contributed by atoms with van der Waals surface area (Å²) < 4.78 is 0. The first-order chi connectivity index (χ1) is 6.29. The molecule has 1 nitrogen and oxygen atoms in total. The van der Waals surface area contributed by atoms with Crippen LogP contribution in [0.4, 0.5) is 0 Å². The van der Waals surface area contributed by atoms with Crippen LogP contribution in [-0.4, -0.2) is 29.4 Å². The molecule has 2 heteroatoms. The monoisotopic (exact) mass is 245 g/mol. The van der Waals surface area contributed by atoms with Crippen LogP contribution in [-0.2, 0) is 0 Å². The predicted molar refractivity (Wildman–Crippen MR) is 60.3 cm³/mol. The SMILES string of the molecule is CCC1CCCN1CC1(CBr)CC1.